The molecule has 0 nitrogen and oxygen atoms in total. The predicted molar refractivity (Wildman–Crippen MR) is 285 cm³/mol. The van der Waals surface area contributed by atoms with Crippen LogP contribution < -0.4 is 0 Å². The van der Waals surface area contributed by atoms with Crippen molar-refractivity contribution in [1.82, 2.24) is 0 Å². The molecule has 0 N–H and O–H groups in total. The Balaban J connectivity index is 1.01. The van der Waals surface area contributed by atoms with Gasteiger partial charge >= 0.3 is 0 Å². The average Bonchev–Trinajstić information content (AvgIpc) is 3.40. The van der Waals surface area contributed by atoms with Crippen LogP contribution in [0.1, 0.15) is 55.6 Å². The van der Waals surface area contributed by atoms with Crippen molar-refractivity contribution in [2.75, 3.05) is 0 Å². The largest absolute Gasteiger partial charge is 0.0622 e. The normalized spacial score (nSPS) is 11.2. The van der Waals surface area contributed by atoms with Crippen molar-refractivity contribution in [1.29, 1.82) is 0 Å². The predicted octanol–water partition coefficient (Wildman–Crippen LogP) is 17.7. The number of benzene rings is 10. The maximum Gasteiger partial charge on any atom is -0.00990 e. The van der Waals surface area contributed by atoms with Crippen molar-refractivity contribution < 1.29 is 0 Å². The molecule has 0 radical (unpaired) electrons. The number of hydrogen-bond donors (Lipinski definition) is 0. The Hall–Kier alpha value is -8.58. The highest BCUT2D eigenvalue weighted by Gasteiger charge is 2.12. The van der Waals surface area contributed by atoms with E-state index in [2.05, 4.69) is 291 Å². The fourth-order valence-electron chi connectivity index (χ4n) is 8.70. The first-order valence-corrected chi connectivity index (χ1v) is 22.6. The highest BCUT2D eigenvalue weighted by molar-refractivity contribution is 6.05. The molecule has 10 aromatic rings. The summed E-state index contributed by atoms with van der Waals surface area (Å²) in [4.78, 5) is 0. The van der Waals surface area contributed by atoms with E-state index < -0.39 is 0 Å². The lowest BCUT2D eigenvalue weighted by Crippen LogP contribution is -1.90. The van der Waals surface area contributed by atoms with Crippen LogP contribution in [0.15, 0.2) is 255 Å². The van der Waals surface area contributed by atoms with E-state index in [0.717, 1.165) is 27.8 Å². The summed E-state index contributed by atoms with van der Waals surface area (Å²) in [5, 5.41) is 2.43. The Morgan fingerprint density at radius 1 is 0.258 bits per heavy atom. The third-order valence-electron chi connectivity index (χ3n) is 12.2. The van der Waals surface area contributed by atoms with Gasteiger partial charge in [0.1, 0.15) is 0 Å². The van der Waals surface area contributed by atoms with E-state index in [9.17, 15) is 0 Å². The van der Waals surface area contributed by atoms with E-state index in [1.807, 2.05) is 0 Å². The van der Waals surface area contributed by atoms with E-state index in [-0.39, 0.29) is 0 Å². The Morgan fingerprint density at radius 3 is 1.06 bits per heavy atom. The van der Waals surface area contributed by atoms with Crippen LogP contribution >= 0.6 is 0 Å². The van der Waals surface area contributed by atoms with Crippen LogP contribution in [0.4, 0.5) is 0 Å². The van der Waals surface area contributed by atoms with Crippen molar-refractivity contribution in [3.05, 3.63) is 310 Å². The van der Waals surface area contributed by atoms with Crippen molar-refractivity contribution in [2.24, 2.45) is 0 Å². The lowest BCUT2D eigenvalue weighted by atomic mass is 9.89. The monoisotopic (exact) mass is 840 g/mol. The molecule has 0 aliphatic carbocycles. The molecule has 66 heavy (non-hydrogen) atoms. The van der Waals surface area contributed by atoms with Crippen LogP contribution in [-0.4, -0.2) is 0 Å². The second kappa shape index (κ2) is 19.9. The maximum atomic E-state index is 2.36. The molecule has 0 spiro atoms. The van der Waals surface area contributed by atoms with Crippen LogP contribution in [0.5, 0.6) is 0 Å². The van der Waals surface area contributed by atoms with Gasteiger partial charge in [0.25, 0.3) is 0 Å². The molecule has 0 aromatic heterocycles. The van der Waals surface area contributed by atoms with E-state index in [1.54, 1.807) is 0 Å². The summed E-state index contributed by atoms with van der Waals surface area (Å²) in [6.07, 6.45) is 13.6. The van der Waals surface area contributed by atoms with E-state index in [0.29, 0.717) is 0 Å². The average molecular weight is 841 g/mol. The molecule has 10 aromatic carbocycles. The lowest BCUT2D eigenvalue weighted by molar-refractivity contribution is 1.55. The summed E-state index contributed by atoms with van der Waals surface area (Å²) in [5.41, 5.74) is 18.9. The topological polar surface area (TPSA) is 0 Å². The zero-order valence-electron chi connectivity index (χ0n) is 36.7. The summed E-state index contributed by atoms with van der Waals surface area (Å²) >= 11 is 0. The molecule has 0 saturated carbocycles. The van der Waals surface area contributed by atoms with Crippen LogP contribution in [0.25, 0.3) is 80.6 Å². The van der Waals surface area contributed by atoms with Gasteiger partial charge in [0.15, 0.2) is 0 Å². The van der Waals surface area contributed by atoms with Gasteiger partial charge < -0.3 is 0 Å². The highest BCUT2D eigenvalue weighted by Crippen LogP contribution is 2.37. The number of fused-ring (bicyclic) bond motifs is 1. The first-order valence-electron chi connectivity index (χ1n) is 22.6. The van der Waals surface area contributed by atoms with Gasteiger partial charge in [0.2, 0.25) is 0 Å². The molecule has 0 bridgehead atoms. The van der Waals surface area contributed by atoms with E-state index in [4.69, 9.17) is 0 Å². The SMILES string of the molecule is C(=Cc1cc(-c2ccc(-c3ccccc3)cc2)c2ccccc2c1C=Cc1ccc(C=C(c2ccccc2)c2ccccc2)cc1)c1ccc(C=C(c2ccccc2)c2ccccc2)cc1. The lowest BCUT2D eigenvalue weighted by Gasteiger charge is -2.14. The van der Waals surface area contributed by atoms with Crippen LogP contribution in [0, 0.1) is 0 Å². The first kappa shape index (κ1) is 41.4. The molecule has 312 valence electrons. The summed E-state index contributed by atoms with van der Waals surface area (Å²) in [7, 11) is 0. The van der Waals surface area contributed by atoms with Gasteiger partial charge in [-0.2, -0.15) is 0 Å². The van der Waals surface area contributed by atoms with Crippen molar-refractivity contribution in [3.63, 3.8) is 0 Å². The van der Waals surface area contributed by atoms with Gasteiger partial charge in [-0.1, -0.05) is 273 Å². The minimum Gasteiger partial charge on any atom is -0.0622 e. The molecule has 0 unspecified atom stereocenters. The second-order valence-electron chi connectivity index (χ2n) is 16.5. The van der Waals surface area contributed by atoms with Gasteiger partial charge in [-0.25, -0.2) is 0 Å². The third kappa shape index (κ3) is 9.65. The minimum atomic E-state index is 1.14. The quantitative estimate of drug-likeness (QED) is 0.108. The molecule has 0 heterocycles. The minimum absolute atomic E-state index is 1.14. The molecule has 0 saturated heterocycles. The number of hydrogen-bond acceptors (Lipinski definition) is 0. The van der Waals surface area contributed by atoms with E-state index >= 15 is 0 Å². The second-order valence-corrected chi connectivity index (χ2v) is 16.5. The van der Waals surface area contributed by atoms with Crippen molar-refractivity contribution >= 4 is 58.4 Å². The standard InChI is InChI=1S/C66H48/c1-6-18-53(19-7-1)54-41-43-59(44-42-54)66-48-60(40-38-49-30-34-51(35-31-49)46-64(55-20-8-2-9-21-55)56-22-10-3-11-23-56)61(62-28-16-17-29-63(62)66)45-39-50-32-36-52(37-33-50)47-65(57-24-12-4-13-25-57)58-26-14-5-15-27-58/h1-48H. The van der Waals surface area contributed by atoms with Crippen molar-refractivity contribution in [2.45, 2.75) is 0 Å². The van der Waals surface area contributed by atoms with Crippen LogP contribution in [0.3, 0.4) is 0 Å². The first-order chi connectivity index (χ1) is 32.7. The zero-order chi connectivity index (χ0) is 44.3. The molecule has 10 rings (SSSR count). The molecular weight excluding hydrogens is 793 g/mol. The van der Waals surface area contributed by atoms with Gasteiger partial charge in [-0.05, 0) is 118 Å². The molecule has 0 aliphatic rings. The van der Waals surface area contributed by atoms with Crippen molar-refractivity contribution in [3.8, 4) is 22.3 Å². The summed E-state index contributed by atoms with van der Waals surface area (Å²) in [6, 6.07) is 91.0. The molecule has 0 fully saturated rings. The van der Waals surface area contributed by atoms with Crippen LogP contribution in [-0.2, 0) is 0 Å². The fourth-order valence-corrected chi connectivity index (χ4v) is 8.70. The van der Waals surface area contributed by atoms with Gasteiger partial charge in [0, 0.05) is 0 Å². The molecule has 0 aliphatic heterocycles. The summed E-state index contributed by atoms with van der Waals surface area (Å²) < 4.78 is 0. The summed E-state index contributed by atoms with van der Waals surface area (Å²) in [6.45, 7) is 0. The Kier molecular flexibility index (Phi) is 12.5. The maximum absolute atomic E-state index is 2.36. The van der Waals surface area contributed by atoms with Gasteiger partial charge in [-0.3, -0.25) is 0 Å². The fraction of sp³-hybridized carbons (Fsp3) is 0. The third-order valence-corrected chi connectivity index (χ3v) is 12.2. The van der Waals surface area contributed by atoms with E-state index in [1.165, 1.54) is 72.0 Å². The molecule has 0 amide bonds. The molecule has 0 atom stereocenters. The summed E-state index contributed by atoms with van der Waals surface area (Å²) in [5.74, 6) is 0. The van der Waals surface area contributed by atoms with Gasteiger partial charge in [0.05, 0.1) is 0 Å². The number of rotatable bonds is 12. The smallest absolute Gasteiger partial charge is 0.00990 e. The molecule has 0 heteroatoms. The highest BCUT2D eigenvalue weighted by atomic mass is 14.2. The Bertz CT molecular complexity index is 3220. The zero-order valence-corrected chi connectivity index (χ0v) is 36.7. The Morgan fingerprint density at radius 2 is 0.606 bits per heavy atom. The Labute approximate surface area is 389 Å². The van der Waals surface area contributed by atoms with Crippen LogP contribution in [0.2, 0.25) is 0 Å². The molecular formula is C66H48. The van der Waals surface area contributed by atoms with Gasteiger partial charge in [-0.15, -0.1) is 0 Å².